The molecule has 2 amide bonds. The first-order valence-corrected chi connectivity index (χ1v) is 12.5. The molecule has 8 nitrogen and oxygen atoms in total. The fourth-order valence-electron chi connectivity index (χ4n) is 2.54. The zero-order valence-corrected chi connectivity index (χ0v) is 20.2. The number of anilines is 2. The predicted octanol–water partition coefficient (Wildman–Crippen LogP) is 4.40. The summed E-state index contributed by atoms with van der Waals surface area (Å²) < 4.78 is 1.25. The fraction of sp³-hybridized carbons (Fsp3) is 0.182. The van der Waals surface area contributed by atoms with Crippen molar-refractivity contribution in [1.82, 2.24) is 10.2 Å². The Balaban J connectivity index is 1.41. The minimum absolute atomic E-state index is 0.0332. The molecule has 33 heavy (non-hydrogen) atoms. The van der Waals surface area contributed by atoms with Gasteiger partial charge in [0, 0.05) is 22.5 Å². The number of carbonyl (C=O) groups is 4. The Morgan fingerprint density at radius 3 is 1.39 bits per heavy atom. The molecule has 3 aromatic rings. The van der Waals surface area contributed by atoms with Crippen LogP contribution in [0.2, 0.25) is 0 Å². The molecule has 11 heteroatoms. The predicted molar refractivity (Wildman–Crippen MR) is 132 cm³/mol. The summed E-state index contributed by atoms with van der Waals surface area (Å²) in [5.41, 5.74) is 2.39. The summed E-state index contributed by atoms with van der Waals surface area (Å²) in [4.78, 5) is 46.9. The summed E-state index contributed by atoms with van der Waals surface area (Å²) in [7, 11) is 0. The van der Waals surface area contributed by atoms with Gasteiger partial charge >= 0.3 is 0 Å². The van der Waals surface area contributed by atoms with Crippen molar-refractivity contribution in [3.8, 4) is 0 Å². The second-order valence-electron chi connectivity index (χ2n) is 6.77. The van der Waals surface area contributed by atoms with E-state index in [4.69, 9.17) is 0 Å². The second-order valence-corrected chi connectivity index (χ2v) is 10.2. The van der Waals surface area contributed by atoms with Crippen molar-refractivity contribution in [2.24, 2.45) is 0 Å². The first-order chi connectivity index (χ1) is 15.8. The van der Waals surface area contributed by atoms with Crippen LogP contribution in [-0.4, -0.2) is 45.1 Å². The molecule has 0 aliphatic carbocycles. The number of thioether (sulfide) groups is 2. The Morgan fingerprint density at radius 2 is 1.06 bits per heavy atom. The Morgan fingerprint density at radius 1 is 0.697 bits per heavy atom. The van der Waals surface area contributed by atoms with Crippen molar-refractivity contribution in [1.29, 1.82) is 0 Å². The largest absolute Gasteiger partial charge is 0.325 e. The van der Waals surface area contributed by atoms with E-state index in [1.807, 2.05) is 0 Å². The zero-order valence-electron chi connectivity index (χ0n) is 17.8. The van der Waals surface area contributed by atoms with Gasteiger partial charge in [0.15, 0.2) is 20.2 Å². The van der Waals surface area contributed by atoms with Gasteiger partial charge in [0.25, 0.3) is 0 Å². The Labute approximate surface area is 203 Å². The van der Waals surface area contributed by atoms with Gasteiger partial charge in [0.05, 0.1) is 11.5 Å². The highest BCUT2D eigenvalue weighted by Crippen LogP contribution is 2.29. The molecule has 0 saturated carbocycles. The number of ketones is 2. The first kappa shape index (κ1) is 24.6. The molecular formula is C22H20N4O4S3. The number of rotatable bonds is 10. The molecule has 2 aromatic carbocycles. The number of hydrogen-bond donors (Lipinski definition) is 2. The van der Waals surface area contributed by atoms with Gasteiger partial charge in [-0.25, -0.2) is 0 Å². The van der Waals surface area contributed by atoms with Crippen LogP contribution < -0.4 is 10.6 Å². The molecule has 2 N–H and O–H groups in total. The molecule has 0 fully saturated rings. The Bertz CT molecular complexity index is 1070. The van der Waals surface area contributed by atoms with Gasteiger partial charge in [-0.1, -0.05) is 34.9 Å². The summed E-state index contributed by atoms with van der Waals surface area (Å²) in [6.45, 7) is 2.97. The topological polar surface area (TPSA) is 118 Å². The third-order valence-electron chi connectivity index (χ3n) is 4.19. The number of nitrogens with zero attached hydrogens (tertiary/aromatic N) is 2. The van der Waals surface area contributed by atoms with Gasteiger partial charge in [0.2, 0.25) is 11.8 Å². The molecule has 0 atom stereocenters. The van der Waals surface area contributed by atoms with Crippen LogP contribution >= 0.6 is 34.9 Å². The van der Waals surface area contributed by atoms with Gasteiger partial charge < -0.3 is 10.6 Å². The zero-order chi connectivity index (χ0) is 23.8. The average molecular weight is 501 g/mol. The highest BCUT2D eigenvalue weighted by Gasteiger charge is 2.11. The van der Waals surface area contributed by atoms with E-state index in [0.717, 1.165) is 0 Å². The summed E-state index contributed by atoms with van der Waals surface area (Å²) >= 11 is 3.82. The highest BCUT2D eigenvalue weighted by molar-refractivity contribution is 8.03. The molecule has 1 heterocycles. The van der Waals surface area contributed by atoms with Crippen LogP contribution in [0, 0.1) is 0 Å². The summed E-state index contributed by atoms with van der Waals surface area (Å²) in [5.74, 6) is -0.150. The van der Waals surface area contributed by atoms with Crippen LogP contribution in [0.25, 0.3) is 0 Å². The Hall–Kier alpha value is -3.02. The lowest BCUT2D eigenvalue weighted by Crippen LogP contribution is -2.14. The standard InChI is InChI=1S/C22H20N4O4S3/c1-13(27)15-3-7-17(8-4-15)23-19(29)11-31-21-25-26-22(33-21)32-12-20(30)24-18-9-5-16(6-10-18)14(2)28/h3-10H,11-12H2,1-2H3,(H,23,29)(H,24,30). The second kappa shape index (κ2) is 11.7. The van der Waals surface area contributed by atoms with Crippen LogP contribution in [0.4, 0.5) is 11.4 Å². The lowest BCUT2D eigenvalue weighted by molar-refractivity contribution is -0.114. The SMILES string of the molecule is CC(=O)c1ccc(NC(=O)CSc2nnc(SCC(=O)Nc3ccc(C(C)=O)cc3)s2)cc1. The first-order valence-electron chi connectivity index (χ1n) is 9.71. The number of hydrogen-bond acceptors (Lipinski definition) is 9. The van der Waals surface area contributed by atoms with Gasteiger partial charge in [-0.15, -0.1) is 10.2 Å². The third kappa shape index (κ3) is 7.81. The molecule has 0 radical (unpaired) electrons. The Kier molecular flexibility index (Phi) is 8.75. The summed E-state index contributed by atoms with van der Waals surface area (Å²) in [5, 5.41) is 13.6. The van der Waals surface area contributed by atoms with Gasteiger partial charge in [-0.3, -0.25) is 19.2 Å². The maximum Gasteiger partial charge on any atom is 0.234 e. The molecule has 170 valence electrons. The number of amides is 2. The molecular weight excluding hydrogens is 480 g/mol. The van der Waals surface area contributed by atoms with Crippen molar-refractivity contribution in [3.63, 3.8) is 0 Å². The summed E-state index contributed by atoms with van der Waals surface area (Å²) in [6, 6.07) is 13.4. The van der Waals surface area contributed by atoms with Crippen molar-refractivity contribution in [2.75, 3.05) is 22.1 Å². The maximum atomic E-state index is 12.1. The van der Waals surface area contributed by atoms with E-state index in [9.17, 15) is 19.2 Å². The molecule has 0 bridgehead atoms. The normalized spacial score (nSPS) is 10.5. The molecule has 0 aliphatic rings. The number of Topliss-reactive ketones (excluding diaryl/α,β-unsaturated/α-hetero) is 2. The van der Waals surface area contributed by atoms with Crippen LogP contribution in [0.5, 0.6) is 0 Å². The number of nitrogens with one attached hydrogen (secondary N) is 2. The smallest absolute Gasteiger partial charge is 0.234 e. The molecule has 3 rings (SSSR count). The lowest BCUT2D eigenvalue weighted by Gasteiger charge is -2.05. The van der Waals surface area contributed by atoms with Crippen LogP contribution in [-0.2, 0) is 9.59 Å². The monoisotopic (exact) mass is 500 g/mol. The van der Waals surface area contributed by atoms with E-state index in [-0.39, 0.29) is 34.9 Å². The maximum absolute atomic E-state index is 12.1. The van der Waals surface area contributed by atoms with E-state index in [0.29, 0.717) is 31.2 Å². The molecule has 0 unspecified atom stereocenters. The fourth-order valence-corrected chi connectivity index (χ4v) is 5.16. The van der Waals surface area contributed by atoms with Crippen molar-refractivity contribution in [3.05, 3.63) is 59.7 Å². The minimum atomic E-state index is -0.199. The average Bonchev–Trinajstić information content (AvgIpc) is 3.25. The van der Waals surface area contributed by atoms with Crippen LogP contribution in [0.15, 0.2) is 57.2 Å². The van der Waals surface area contributed by atoms with E-state index < -0.39 is 0 Å². The van der Waals surface area contributed by atoms with Crippen LogP contribution in [0.3, 0.4) is 0 Å². The summed E-state index contributed by atoms with van der Waals surface area (Å²) in [6.07, 6.45) is 0. The number of carbonyl (C=O) groups excluding carboxylic acids is 4. The third-order valence-corrected chi connectivity index (χ3v) is 7.38. The lowest BCUT2D eigenvalue weighted by atomic mass is 10.1. The van der Waals surface area contributed by atoms with E-state index in [1.165, 1.54) is 48.7 Å². The minimum Gasteiger partial charge on any atom is -0.325 e. The highest BCUT2D eigenvalue weighted by atomic mass is 32.2. The van der Waals surface area contributed by atoms with E-state index in [2.05, 4.69) is 20.8 Å². The van der Waals surface area contributed by atoms with Gasteiger partial charge in [-0.05, 0) is 62.4 Å². The van der Waals surface area contributed by atoms with E-state index in [1.54, 1.807) is 48.5 Å². The van der Waals surface area contributed by atoms with Crippen molar-refractivity contribution in [2.45, 2.75) is 22.5 Å². The van der Waals surface area contributed by atoms with Gasteiger partial charge in [0.1, 0.15) is 0 Å². The van der Waals surface area contributed by atoms with Crippen LogP contribution in [0.1, 0.15) is 34.6 Å². The van der Waals surface area contributed by atoms with Crippen molar-refractivity contribution >= 4 is 69.6 Å². The number of benzene rings is 2. The van der Waals surface area contributed by atoms with Crippen molar-refractivity contribution < 1.29 is 19.2 Å². The molecule has 0 saturated heterocycles. The number of aromatic nitrogens is 2. The molecule has 0 spiro atoms. The molecule has 0 aliphatic heterocycles. The molecule has 1 aromatic heterocycles. The quantitative estimate of drug-likeness (QED) is 0.311. The van der Waals surface area contributed by atoms with E-state index >= 15 is 0 Å². The van der Waals surface area contributed by atoms with Gasteiger partial charge in [-0.2, -0.15) is 0 Å².